The van der Waals surface area contributed by atoms with Gasteiger partial charge in [-0.25, -0.2) is 4.79 Å². The number of aromatic amines is 1. The minimum absolute atomic E-state index is 0.00497. The number of hydrogen-bond donors (Lipinski definition) is 2. The predicted octanol–water partition coefficient (Wildman–Crippen LogP) is 2.56. The highest BCUT2D eigenvalue weighted by Crippen LogP contribution is 2.63. The largest absolute Gasteiger partial charge is 0.573 e. The van der Waals surface area contributed by atoms with Crippen molar-refractivity contribution in [1.82, 2.24) is 9.55 Å². The summed E-state index contributed by atoms with van der Waals surface area (Å²) in [5, 5.41) is 0. The Kier molecular flexibility index (Phi) is 5.89. The summed E-state index contributed by atoms with van der Waals surface area (Å²) in [7, 11) is -3.59. The van der Waals surface area contributed by atoms with Crippen LogP contribution in [0, 0.1) is 5.82 Å². The lowest BCUT2D eigenvalue weighted by Gasteiger charge is -2.26. The first-order valence-corrected chi connectivity index (χ1v) is 11.4. The van der Waals surface area contributed by atoms with Crippen LogP contribution in [-0.2, 0) is 30.3 Å². The van der Waals surface area contributed by atoms with E-state index in [2.05, 4.69) is 20.8 Å². The number of benzene rings is 1. The fourth-order valence-corrected chi connectivity index (χ4v) is 4.91. The van der Waals surface area contributed by atoms with E-state index in [4.69, 9.17) is 18.3 Å². The number of hydrogen-bond acceptors (Lipinski definition) is 7. The summed E-state index contributed by atoms with van der Waals surface area (Å²) in [5.74, 6) is -1.10. The summed E-state index contributed by atoms with van der Waals surface area (Å²) in [6, 6.07) is 7.86. The van der Waals surface area contributed by atoms with Gasteiger partial charge in [-0.05, 0) is 16.5 Å². The van der Waals surface area contributed by atoms with Crippen molar-refractivity contribution in [2.75, 3.05) is 6.61 Å². The molecule has 168 valence electrons. The fraction of sp³-hybridized carbons (Fsp3) is 0.500. The second-order valence-electron chi connectivity index (χ2n) is 8.64. The van der Waals surface area contributed by atoms with E-state index in [0.717, 1.165) is 16.3 Å². The van der Waals surface area contributed by atoms with Gasteiger partial charge in [0.2, 0.25) is 5.82 Å². The van der Waals surface area contributed by atoms with E-state index >= 15 is 0 Å². The van der Waals surface area contributed by atoms with Crippen molar-refractivity contribution in [2.24, 2.45) is 0 Å². The van der Waals surface area contributed by atoms with Gasteiger partial charge in [-0.1, -0.05) is 45.0 Å². The van der Waals surface area contributed by atoms with E-state index in [1.165, 1.54) is 5.56 Å². The molecule has 1 unspecified atom stereocenters. The summed E-state index contributed by atoms with van der Waals surface area (Å²) >= 11 is 0. The number of aromatic nitrogens is 2. The zero-order chi connectivity index (χ0) is 22.4. The molecule has 3 heterocycles. The molecule has 0 amide bonds. The molecule has 0 radical (unpaired) electrons. The molecule has 2 aliphatic heterocycles. The van der Waals surface area contributed by atoms with Crippen LogP contribution in [0.2, 0.25) is 0 Å². The summed E-state index contributed by atoms with van der Waals surface area (Å²) in [4.78, 5) is 35.8. The molecule has 2 aromatic rings. The topological polar surface area (TPSA) is 112 Å². The van der Waals surface area contributed by atoms with E-state index in [1.54, 1.807) is 0 Å². The Morgan fingerprint density at radius 2 is 1.97 bits per heavy atom. The fourth-order valence-electron chi connectivity index (χ4n) is 3.50. The molecule has 11 heteroatoms. The molecule has 4 rings (SSSR count). The second kappa shape index (κ2) is 8.20. The van der Waals surface area contributed by atoms with E-state index in [1.807, 2.05) is 29.2 Å². The molecule has 2 N–H and O–H groups in total. The zero-order valence-corrected chi connectivity index (χ0v) is 18.3. The summed E-state index contributed by atoms with van der Waals surface area (Å²) < 4.78 is 36.9. The van der Waals surface area contributed by atoms with Crippen molar-refractivity contribution in [3.63, 3.8) is 0 Å². The van der Waals surface area contributed by atoms with Crippen molar-refractivity contribution in [1.29, 1.82) is 0 Å². The summed E-state index contributed by atoms with van der Waals surface area (Å²) in [5.41, 5.74) is 0.175. The Morgan fingerprint density at radius 3 is 2.65 bits per heavy atom. The first-order chi connectivity index (χ1) is 14.5. The van der Waals surface area contributed by atoms with Gasteiger partial charge in [-0.2, -0.15) is 13.8 Å². The van der Waals surface area contributed by atoms with E-state index in [0.29, 0.717) is 0 Å². The summed E-state index contributed by atoms with van der Waals surface area (Å²) in [6.45, 7) is 6.47. The molecule has 1 aromatic heterocycles. The highest BCUT2D eigenvalue weighted by atomic mass is 31.2. The third-order valence-electron chi connectivity index (χ3n) is 5.30. The van der Waals surface area contributed by atoms with Gasteiger partial charge in [0.25, 0.3) is 5.56 Å². The first-order valence-electron chi connectivity index (χ1n) is 9.89. The lowest BCUT2D eigenvalue weighted by atomic mass is 9.87. The van der Waals surface area contributed by atoms with E-state index < -0.39 is 43.7 Å². The van der Waals surface area contributed by atoms with E-state index in [9.17, 15) is 18.9 Å². The molecule has 9 nitrogen and oxygen atoms in total. The molecular formula is C20H25FN2O7P+. The van der Waals surface area contributed by atoms with Crippen LogP contribution >= 0.6 is 8.17 Å². The maximum absolute atomic E-state index is 13.6. The minimum atomic E-state index is -3.59. The Morgan fingerprint density at radius 1 is 1.26 bits per heavy atom. The van der Waals surface area contributed by atoms with Gasteiger partial charge >= 0.3 is 13.9 Å². The van der Waals surface area contributed by atoms with Gasteiger partial charge in [0.15, 0.2) is 0 Å². The van der Waals surface area contributed by atoms with Gasteiger partial charge in [-0.3, -0.25) is 14.3 Å². The van der Waals surface area contributed by atoms with Gasteiger partial charge in [0.05, 0.1) is 6.20 Å². The third kappa shape index (κ3) is 4.79. The molecule has 4 atom stereocenters. The van der Waals surface area contributed by atoms with Gasteiger partial charge < -0.3 is 4.74 Å². The van der Waals surface area contributed by atoms with Crippen LogP contribution in [0.3, 0.4) is 0 Å². The van der Waals surface area contributed by atoms with Crippen LogP contribution < -0.4 is 11.2 Å². The Bertz CT molecular complexity index is 1060. The second-order valence-corrected chi connectivity index (χ2v) is 10.3. The van der Waals surface area contributed by atoms with Gasteiger partial charge in [0, 0.05) is 6.42 Å². The molecule has 2 fully saturated rings. The number of ether oxygens (including phenoxy) is 1. The third-order valence-corrected chi connectivity index (χ3v) is 6.77. The zero-order valence-electron chi connectivity index (χ0n) is 17.4. The summed E-state index contributed by atoms with van der Waals surface area (Å²) in [6.07, 6.45) is -1.09. The highest BCUT2D eigenvalue weighted by molar-refractivity contribution is 7.55. The monoisotopic (exact) mass is 455 g/mol. The molecule has 1 aromatic carbocycles. The number of H-pyrrole nitrogens is 1. The smallest absolute Gasteiger partial charge is 0.349 e. The average Bonchev–Trinajstić information content (AvgIpc) is 3.11. The number of nitrogens with one attached hydrogen (secondary N) is 1. The Balaban J connectivity index is 1.39. The van der Waals surface area contributed by atoms with Crippen LogP contribution in [-0.4, -0.2) is 33.3 Å². The molecule has 0 spiro atoms. The molecule has 2 saturated heterocycles. The molecular weight excluding hydrogens is 430 g/mol. The van der Waals surface area contributed by atoms with E-state index in [-0.39, 0.29) is 25.0 Å². The van der Waals surface area contributed by atoms with Crippen LogP contribution in [0.25, 0.3) is 0 Å². The number of halogens is 1. The quantitative estimate of drug-likeness (QED) is 0.682. The van der Waals surface area contributed by atoms with Crippen LogP contribution in [0.15, 0.2) is 40.1 Å². The normalized spacial score (nSPS) is 28.5. The van der Waals surface area contributed by atoms with Gasteiger partial charge in [0.1, 0.15) is 31.6 Å². The van der Waals surface area contributed by atoms with Crippen LogP contribution in [0.4, 0.5) is 4.39 Å². The van der Waals surface area contributed by atoms with Crippen molar-refractivity contribution < 1.29 is 27.6 Å². The molecule has 0 aliphatic carbocycles. The lowest BCUT2D eigenvalue weighted by Crippen LogP contribution is -2.35. The molecule has 2 aliphatic rings. The van der Waals surface area contributed by atoms with Crippen molar-refractivity contribution in [3.8, 4) is 0 Å². The predicted molar refractivity (Wildman–Crippen MR) is 110 cm³/mol. The number of rotatable bonds is 4. The maximum atomic E-state index is 13.6. The number of nitrogens with zero attached hydrogens (tertiary/aromatic N) is 1. The van der Waals surface area contributed by atoms with Crippen LogP contribution in [0.5, 0.6) is 0 Å². The maximum Gasteiger partial charge on any atom is 0.573 e. The standard InChI is InChI=1S/C20H24FN2O7P/c1-20(2,3)13-6-4-12(5-7-13)10-27-31(26)28-11-16-15(30-31)8-17(29-16)23-9-14(21)18(24)22-19(23)25/h4-7,9,15-17,26H,8,10-11H2,1-3H3/p+1/t15-,16+,17+,31?/m0/s1. The first kappa shape index (κ1) is 22.3. The SMILES string of the molecule is CC(C)(C)c1ccc(CO[P+]2(O)OC[C@H]3O[C@@H](n4cc(F)c(=O)[nH]c4=O)C[C@@H]3O2)cc1. The van der Waals surface area contributed by atoms with Gasteiger partial charge in [-0.15, -0.1) is 9.05 Å². The minimum Gasteiger partial charge on any atom is -0.349 e. The molecule has 0 bridgehead atoms. The van der Waals surface area contributed by atoms with Crippen LogP contribution in [0.1, 0.15) is 44.5 Å². The molecule has 0 saturated carbocycles. The molecule has 31 heavy (non-hydrogen) atoms. The van der Waals surface area contributed by atoms with Crippen molar-refractivity contribution in [3.05, 3.63) is 68.2 Å². The van der Waals surface area contributed by atoms with Crippen molar-refractivity contribution >= 4 is 8.17 Å². The Labute approximate surface area is 178 Å². The number of fused-ring (bicyclic) bond motifs is 1. The van der Waals surface area contributed by atoms with Crippen molar-refractivity contribution in [2.45, 2.75) is 57.6 Å². The lowest BCUT2D eigenvalue weighted by molar-refractivity contribution is -0.0828. The Hall–Kier alpha value is -1.94. The average molecular weight is 455 g/mol. The highest BCUT2D eigenvalue weighted by Gasteiger charge is 2.57.